The van der Waals surface area contributed by atoms with Crippen LogP contribution in [0.5, 0.6) is 0 Å². The third-order valence-electron chi connectivity index (χ3n) is 3.34. The average Bonchev–Trinajstić information content (AvgIpc) is 2.57. The molecule has 0 unspecified atom stereocenters. The Morgan fingerprint density at radius 1 is 1.13 bits per heavy atom. The molecule has 0 fully saturated rings. The fourth-order valence-corrected chi connectivity index (χ4v) is 2.26. The van der Waals surface area contributed by atoms with Gasteiger partial charge in [0, 0.05) is 23.7 Å². The van der Waals surface area contributed by atoms with E-state index < -0.39 is 0 Å². The third kappa shape index (κ3) is 4.73. The number of hydrogen-bond donors (Lipinski definition) is 0. The third-order valence-corrected chi connectivity index (χ3v) is 3.34. The number of azide groups is 1. The molecule has 0 saturated carbocycles. The highest BCUT2D eigenvalue weighted by molar-refractivity contribution is 5.87. The van der Waals surface area contributed by atoms with E-state index in [-0.39, 0.29) is 5.91 Å². The van der Waals surface area contributed by atoms with Gasteiger partial charge in [-0.25, -0.2) is 0 Å². The molecule has 116 valence electrons. The van der Waals surface area contributed by atoms with E-state index in [1.807, 2.05) is 55.5 Å². The van der Waals surface area contributed by atoms with Crippen LogP contribution in [0.4, 0.5) is 5.69 Å². The van der Waals surface area contributed by atoms with Crippen LogP contribution in [0.15, 0.2) is 71.9 Å². The van der Waals surface area contributed by atoms with Gasteiger partial charge in [0.15, 0.2) is 0 Å². The first kappa shape index (κ1) is 16.3. The van der Waals surface area contributed by atoms with Crippen molar-refractivity contribution in [2.24, 2.45) is 5.11 Å². The van der Waals surface area contributed by atoms with Crippen LogP contribution in [0.2, 0.25) is 0 Å². The zero-order valence-corrected chi connectivity index (χ0v) is 13.0. The van der Waals surface area contributed by atoms with Crippen molar-refractivity contribution in [3.8, 4) is 0 Å². The summed E-state index contributed by atoms with van der Waals surface area (Å²) in [5.74, 6) is -0.0768. The fraction of sp³-hybridized carbons (Fsp3) is 0.167. The normalized spacial score (nSPS) is 10.3. The summed E-state index contributed by atoms with van der Waals surface area (Å²) in [6, 6.07) is 17.1. The molecular weight excluding hydrogens is 288 g/mol. The molecule has 0 saturated heterocycles. The Bertz CT molecular complexity index is 734. The van der Waals surface area contributed by atoms with Gasteiger partial charge in [-0.3, -0.25) is 4.79 Å². The number of allylic oxidation sites excluding steroid dienone is 1. The molecule has 0 N–H and O–H groups in total. The largest absolute Gasteiger partial charge is 0.331 e. The maximum Gasteiger partial charge on any atom is 0.246 e. The number of carbonyl (C=O) groups is 1. The van der Waals surface area contributed by atoms with Crippen molar-refractivity contribution in [1.82, 2.24) is 4.90 Å². The summed E-state index contributed by atoms with van der Waals surface area (Å²) in [4.78, 5) is 16.9. The van der Waals surface area contributed by atoms with E-state index in [4.69, 9.17) is 5.53 Å². The molecule has 5 nitrogen and oxygen atoms in total. The predicted octanol–water partition coefficient (Wildman–Crippen LogP) is 4.73. The van der Waals surface area contributed by atoms with Gasteiger partial charge < -0.3 is 4.90 Å². The summed E-state index contributed by atoms with van der Waals surface area (Å²) in [5.41, 5.74) is 11.1. The number of benzene rings is 2. The summed E-state index contributed by atoms with van der Waals surface area (Å²) >= 11 is 0. The number of carbonyl (C=O) groups excluding carboxylic acids is 1. The topological polar surface area (TPSA) is 69.1 Å². The molecular formula is C18H18N4O. The SMILES string of the molecule is C/C=C/C(=O)N(Cc1ccccc1)Cc1ccccc1N=[N+]=[N-]. The summed E-state index contributed by atoms with van der Waals surface area (Å²) in [6.07, 6.45) is 3.26. The molecule has 0 aliphatic heterocycles. The van der Waals surface area contributed by atoms with Crippen molar-refractivity contribution < 1.29 is 4.79 Å². The zero-order valence-electron chi connectivity index (χ0n) is 13.0. The van der Waals surface area contributed by atoms with Crippen LogP contribution in [0.3, 0.4) is 0 Å². The maximum absolute atomic E-state index is 12.4. The predicted molar refractivity (Wildman–Crippen MR) is 90.8 cm³/mol. The van der Waals surface area contributed by atoms with Gasteiger partial charge >= 0.3 is 0 Å². The summed E-state index contributed by atoms with van der Waals surface area (Å²) < 4.78 is 0. The second kappa shape index (κ2) is 8.41. The Morgan fingerprint density at radius 2 is 1.83 bits per heavy atom. The van der Waals surface area contributed by atoms with Crippen LogP contribution in [0.1, 0.15) is 18.1 Å². The molecule has 0 heterocycles. The minimum atomic E-state index is -0.0768. The summed E-state index contributed by atoms with van der Waals surface area (Å²) in [7, 11) is 0. The number of rotatable bonds is 6. The molecule has 2 rings (SSSR count). The minimum Gasteiger partial charge on any atom is -0.331 e. The lowest BCUT2D eigenvalue weighted by molar-refractivity contribution is -0.127. The molecule has 2 aromatic carbocycles. The Labute approximate surface area is 135 Å². The molecule has 2 aromatic rings. The highest BCUT2D eigenvalue weighted by atomic mass is 16.2. The van der Waals surface area contributed by atoms with E-state index in [9.17, 15) is 4.79 Å². The van der Waals surface area contributed by atoms with E-state index >= 15 is 0 Å². The van der Waals surface area contributed by atoms with Crippen LogP contribution in [-0.2, 0) is 17.9 Å². The summed E-state index contributed by atoms with van der Waals surface area (Å²) in [5, 5.41) is 3.70. The number of nitrogens with zero attached hydrogens (tertiary/aromatic N) is 4. The second-order valence-corrected chi connectivity index (χ2v) is 5.00. The van der Waals surface area contributed by atoms with Gasteiger partial charge in [0.25, 0.3) is 0 Å². The zero-order chi connectivity index (χ0) is 16.5. The molecule has 0 radical (unpaired) electrons. The fourth-order valence-electron chi connectivity index (χ4n) is 2.26. The smallest absolute Gasteiger partial charge is 0.246 e. The van der Waals surface area contributed by atoms with Crippen molar-refractivity contribution in [3.63, 3.8) is 0 Å². The molecule has 0 atom stereocenters. The molecule has 0 aromatic heterocycles. The lowest BCUT2D eigenvalue weighted by Gasteiger charge is -2.22. The van der Waals surface area contributed by atoms with Crippen LogP contribution >= 0.6 is 0 Å². The molecule has 0 aliphatic carbocycles. The van der Waals surface area contributed by atoms with Crippen molar-refractivity contribution in [3.05, 3.63) is 88.3 Å². The summed E-state index contributed by atoms with van der Waals surface area (Å²) in [6.45, 7) is 2.69. The van der Waals surface area contributed by atoms with Gasteiger partial charge in [-0.05, 0) is 29.7 Å². The molecule has 23 heavy (non-hydrogen) atoms. The van der Waals surface area contributed by atoms with Gasteiger partial charge in [0.1, 0.15) is 0 Å². The first-order valence-corrected chi connectivity index (χ1v) is 7.33. The second-order valence-electron chi connectivity index (χ2n) is 5.00. The number of hydrogen-bond acceptors (Lipinski definition) is 2. The van der Waals surface area contributed by atoms with E-state index in [0.29, 0.717) is 18.8 Å². The van der Waals surface area contributed by atoms with Gasteiger partial charge in [-0.1, -0.05) is 65.8 Å². The van der Waals surface area contributed by atoms with Gasteiger partial charge in [0.05, 0.1) is 0 Å². The Hall–Kier alpha value is -3.04. The quantitative estimate of drug-likeness (QED) is 0.329. The van der Waals surface area contributed by atoms with Crippen LogP contribution < -0.4 is 0 Å². The van der Waals surface area contributed by atoms with Crippen molar-refractivity contribution in [2.75, 3.05) is 0 Å². The van der Waals surface area contributed by atoms with Crippen LogP contribution in [0.25, 0.3) is 10.4 Å². The lowest BCUT2D eigenvalue weighted by Crippen LogP contribution is -2.28. The van der Waals surface area contributed by atoms with Crippen LogP contribution in [0, 0.1) is 0 Å². The first-order chi connectivity index (χ1) is 11.2. The van der Waals surface area contributed by atoms with E-state index in [1.165, 1.54) is 0 Å². The molecule has 0 spiro atoms. The number of amides is 1. The molecule has 1 amide bonds. The van der Waals surface area contributed by atoms with Crippen LogP contribution in [-0.4, -0.2) is 10.8 Å². The first-order valence-electron chi connectivity index (χ1n) is 7.33. The maximum atomic E-state index is 12.4. The average molecular weight is 306 g/mol. The minimum absolute atomic E-state index is 0.0768. The van der Waals surface area contributed by atoms with Gasteiger partial charge in [0.2, 0.25) is 5.91 Å². The standard InChI is InChI=1S/C18H18N4O/c1-2-8-18(23)22(13-15-9-4-3-5-10-15)14-16-11-6-7-12-17(16)20-21-19/h2-12H,13-14H2,1H3/b8-2+. The van der Waals surface area contributed by atoms with Crippen molar-refractivity contribution in [2.45, 2.75) is 20.0 Å². The lowest BCUT2D eigenvalue weighted by atomic mass is 10.1. The van der Waals surface area contributed by atoms with E-state index in [0.717, 1.165) is 11.1 Å². The molecule has 0 bridgehead atoms. The van der Waals surface area contributed by atoms with Gasteiger partial charge in [-0.2, -0.15) is 0 Å². The monoisotopic (exact) mass is 306 g/mol. The highest BCUT2D eigenvalue weighted by Crippen LogP contribution is 2.21. The molecule has 5 heteroatoms. The molecule has 0 aliphatic rings. The van der Waals surface area contributed by atoms with E-state index in [1.54, 1.807) is 23.1 Å². The van der Waals surface area contributed by atoms with Crippen molar-refractivity contribution >= 4 is 11.6 Å². The Balaban J connectivity index is 2.28. The van der Waals surface area contributed by atoms with Crippen molar-refractivity contribution in [1.29, 1.82) is 0 Å². The van der Waals surface area contributed by atoms with E-state index in [2.05, 4.69) is 10.0 Å². The Kier molecular flexibility index (Phi) is 5.98. The highest BCUT2D eigenvalue weighted by Gasteiger charge is 2.13. The van der Waals surface area contributed by atoms with Gasteiger partial charge in [-0.15, -0.1) is 0 Å². The Morgan fingerprint density at radius 3 is 2.52 bits per heavy atom.